The highest BCUT2D eigenvalue weighted by Crippen LogP contribution is 2.10. The number of esters is 1. The number of hydrogen-bond donors (Lipinski definition) is 1. The fourth-order valence-electron chi connectivity index (χ4n) is 2.04. The van der Waals surface area contributed by atoms with Crippen LogP contribution in [0.4, 0.5) is 0 Å². The van der Waals surface area contributed by atoms with Gasteiger partial charge in [0, 0.05) is 31.5 Å². The Morgan fingerprint density at radius 2 is 2.25 bits per heavy atom. The number of ether oxygens (including phenoxy) is 1. The number of imidazole rings is 1. The summed E-state index contributed by atoms with van der Waals surface area (Å²) in [6, 6.07) is 7.75. The molecular weight excluding hydrogens is 254 g/mol. The van der Waals surface area contributed by atoms with Crippen LogP contribution in [0.3, 0.4) is 0 Å². The normalized spacial score (nSPS) is 12.1. The van der Waals surface area contributed by atoms with Crippen molar-refractivity contribution in [3.05, 3.63) is 54.1 Å². The molecule has 0 aliphatic carbocycles. The van der Waals surface area contributed by atoms with Gasteiger partial charge in [-0.05, 0) is 18.6 Å². The Kier molecular flexibility index (Phi) is 4.90. The molecule has 0 saturated heterocycles. The van der Waals surface area contributed by atoms with E-state index in [0.29, 0.717) is 12.1 Å². The maximum atomic E-state index is 11.7. The summed E-state index contributed by atoms with van der Waals surface area (Å²) in [6.45, 7) is 3.56. The van der Waals surface area contributed by atoms with E-state index in [2.05, 4.69) is 17.2 Å². The maximum Gasteiger partial charge on any atom is 0.338 e. The van der Waals surface area contributed by atoms with Gasteiger partial charge in [-0.15, -0.1) is 0 Å². The molecule has 0 fully saturated rings. The van der Waals surface area contributed by atoms with Gasteiger partial charge in [-0.3, -0.25) is 0 Å². The van der Waals surface area contributed by atoms with E-state index in [4.69, 9.17) is 4.74 Å². The first-order valence-corrected chi connectivity index (χ1v) is 6.56. The maximum absolute atomic E-state index is 11.7. The number of carbonyl (C=O) groups excluding carboxylic acids is 1. The van der Waals surface area contributed by atoms with E-state index >= 15 is 0 Å². The molecule has 0 spiro atoms. The standard InChI is InChI=1S/C15H19N3O2/c1-12(10-18-8-7-16-11-18)17-9-13-5-3-4-6-14(13)15(19)20-2/h3-8,11-12,17H,9-10H2,1-2H3. The van der Waals surface area contributed by atoms with Crippen LogP contribution in [0.25, 0.3) is 0 Å². The van der Waals surface area contributed by atoms with E-state index in [1.807, 2.05) is 29.0 Å². The van der Waals surface area contributed by atoms with Gasteiger partial charge >= 0.3 is 5.97 Å². The molecule has 5 nitrogen and oxygen atoms in total. The van der Waals surface area contributed by atoms with Crippen molar-refractivity contribution in [1.82, 2.24) is 14.9 Å². The van der Waals surface area contributed by atoms with E-state index in [1.165, 1.54) is 7.11 Å². The fourth-order valence-corrected chi connectivity index (χ4v) is 2.04. The molecule has 0 aliphatic heterocycles. The van der Waals surface area contributed by atoms with Crippen molar-refractivity contribution in [2.75, 3.05) is 7.11 Å². The highest BCUT2D eigenvalue weighted by atomic mass is 16.5. The molecule has 0 saturated carbocycles. The molecule has 1 heterocycles. The van der Waals surface area contributed by atoms with Gasteiger partial charge in [0.2, 0.25) is 0 Å². The summed E-state index contributed by atoms with van der Waals surface area (Å²) in [5.41, 5.74) is 1.55. The van der Waals surface area contributed by atoms with Crippen LogP contribution in [0.1, 0.15) is 22.8 Å². The molecular formula is C15H19N3O2. The van der Waals surface area contributed by atoms with Crippen molar-refractivity contribution >= 4 is 5.97 Å². The van der Waals surface area contributed by atoms with E-state index in [-0.39, 0.29) is 12.0 Å². The summed E-state index contributed by atoms with van der Waals surface area (Å²) >= 11 is 0. The molecule has 0 radical (unpaired) electrons. The number of benzene rings is 1. The van der Waals surface area contributed by atoms with Gasteiger partial charge < -0.3 is 14.6 Å². The number of rotatable bonds is 6. The highest BCUT2D eigenvalue weighted by Gasteiger charge is 2.11. The lowest BCUT2D eigenvalue weighted by Gasteiger charge is -2.15. The van der Waals surface area contributed by atoms with Crippen LogP contribution in [0.15, 0.2) is 43.0 Å². The molecule has 2 aromatic rings. The van der Waals surface area contributed by atoms with Crippen molar-refractivity contribution in [2.45, 2.75) is 26.1 Å². The Bertz CT molecular complexity index is 552. The minimum Gasteiger partial charge on any atom is -0.465 e. The number of methoxy groups -OCH3 is 1. The second-order valence-corrected chi connectivity index (χ2v) is 4.69. The van der Waals surface area contributed by atoms with Crippen molar-refractivity contribution in [3.8, 4) is 0 Å². The predicted octanol–water partition coefficient (Wildman–Crippen LogP) is 1.85. The molecule has 106 valence electrons. The molecule has 2 rings (SSSR count). The lowest BCUT2D eigenvalue weighted by atomic mass is 10.1. The number of carbonyl (C=O) groups is 1. The van der Waals surface area contributed by atoms with Gasteiger partial charge in [0.15, 0.2) is 0 Å². The number of nitrogens with one attached hydrogen (secondary N) is 1. The van der Waals surface area contributed by atoms with Gasteiger partial charge in [-0.2, -0.15) is 0 Å². The van der Waals surface area contributed by atoms with Crippen LogP contribution in [0.5, 0.6) is 0 Å². The summed E-state index contributed by atoms with van der Waals surface area (Å²) < 4.78 is 6.81. The molecule has 1 aromatic heterocycles. The summed E-state index contributed by atoms with van der Waals surface area (Å²) in [5.74, 6) is -0.301. The van der Waals surface area contributed by atoms with Crippen molar-refractivity contribution in [1.29, 1.82) is 0 Å². The third-order valence-electron chi connectivity index (χ3n) is 3.11. The smallest absolute Gasteiger partial charge is 0.338 e. The molecule has 0 bridgehead atoms. The zero-order chi connectivity index (χ0) is 14.4. The average Bonchev–Trinajstić information content (AvgIpc) is 2.97. The van der Waals surface area contributed by atoms with Crippen LogP contribution in [-0.2, 0) is 17.8 Å². The quantitative estimate of drug-likeness (QED) is 0.816. The molecule has 20 heavy (non-hydrogen) atoms. The molecule has 1 unspecified atom stereocenters. The van der Waals surface area contributed by atoms with Gasteiger partial charge in [0.25, 0.3) is 0 Å². The minimum atomic E-state index is -0.301. The average molecular weight is 273 g/mol. The topological polar surface area (TPSA) is 56.1 Å². The lowest BCUT2D eigenvalue weighted by Crippen LogP contribution is -2.30. The number of hydrogen-bond acceptors (Lipinski definition) is 4. The van der Waals surface area contributed by atoms with E-state index in [1.54, 1.807) is 18.6 Å². The van der Waals surface area contributed by atoms with Gasteiger partial charge in [0.05, 0.1) is 19.0 Å². The zero-order valence-electron chi connectivity index (χ0n) is 11.7. The molecule has 1 aromatic carbocycles. The Morgan fingerprint density at radius 1 is 1.45 bits per heavy atom. The Hall–Kier alpha value is -2.14. The third-order valence-corrected chi connectivity index (χ3v) is 3.11. The van der Waals surface area contributed by atoms with Crippen molar-refractivity contribution in [2.24, 2.45) is 0 Å². The largest absolute Gasteiger partial charge is 0.465 e. The Labute approximate surface area is 118 Å². The SMILES string of the molecule is COC(=O)c1ccccc1CNC(C)Cn1ccnc1. The number of aromatic nitrogens is 2. The van der Waals surface area contributed by atoms with E-state index in [0.717, 1.165) is 12.1 Å². The lowest BCUT2D eigenvalue weighted by molar-refractivity contribution is 0.0599. The summed E-state index contributed by atoms with van der Waals surface area (Å²) in [7, 11) is 1.40. The fraction of sp³-hybridized carbons (Fsp3) is 0.333. The molecule has 0 amide bonds. The van der Waals surface area contributed by atoms with Crippen molar-refractivity contribution in [3.63, 3.8) is 0 Å². The van der Waals surface area contributed by atoms with Crippen molar-refractivity contribution < 1.29 is 9.53 Å². The monoisotopic (exact) mass is 273 g/mol. The van der Waals surface area contributed by atoms with Crippen LogP contribution in [0.2, 0.25) is 0 Å². The van der Waals surface area contributed by atoms with Crippen LogP contribution in [0, 0.1) is 0 Å². The second kappa shape index (κ2) is 6.86. The summed E-state index contributed by atoms with van der Waals surface area (Å²) in [4.78, 5) is 15.7. The van der Waals surface area contributed by atoms with Gasteiger partial charge in [0.1, 0.15) is 0 Å². The molecule has 1 N–H and O–H groups in total. The highest BCUT2D eigenvalue weighted by molar-refractivity contribution is 5.90. The first kappa shape index (κ1) is 14.3. The van der Waals surface area contributed by atoms with Crippen LogP contribution in [-0.4, -0.2) is 28.7 Å². The minimum absolute atomic E-state index is 0.273. The first-order valence-electron chi connectivity index (χ1n) is 6.56. The molecule has 1 atom stereocenters. The van der Waals surface area contributed by atoms with Crippen LogP contribution >= 0.6 is 0 Å². The zero-order valence-corrected chi connectivity index (χ0v) is 11.7. The molecule has 5 heteroatoms. The van der Waals surface area contributed by atoms with Gasteiger partial charge in [-0.1, -0.05) is 18.2 Å². The Morgan fingerprint density at radius 3 is 2.95 bits per heavy atom. The first-order chi connectivity index (χ1) is 9.70. The summed E-state index contributed by atoms with van der Waals surface area (Å²) in [6.07, 6.45) is 5.49. The van der Waals surface area contributed by atoms with E-state index in [9.17, 15) is 4.79 Å². The second-order valence-electron chi connectivity index (χ2n) is 4.69. The predicted molar refractivity (Wildman–Crippen MR) is 76.3 cm³/mol. The number of nitrogens with zero attached hydrogens (tertiary/aromatic N) is 2. The van der Waals surface area contributed by atoms with Gasteiger partial charge in [-0.25, -0.2) is 9.78 Å². The Balaban J connectivity index is 1.95. The molecule has 0 aliphatic rings. The van der Waals surface area contributed by atoms with Crippen LogP contribution < -0.4 is 5.32 Å². The van der Waals surface area contributed by atoms with E-state index < -0.39 is 0 Å². The summed E-state index contributed by atoms with van der Waals surface area (Å²) in [5, 5.41) is 3.40. The third kappa shape index (κ3) is 3.68.